The predicted molar refractivity (Wildman–Crippen MR) is 120 cm³/mol. The van der Waals surface area contributed by atoms with Gasteiger partial charge in [0.1, 0.15) is 0 Å². The molecule has 4 rings (SSSR count). The molecular formula is C23H18BrN3O. The third kappa shape index (κ3) is 4.05. The van der Waals surface area contributed by atoms with E-state index in [-0.39, 0.29) is 12.5 Å². The van der Waals surface area contributed by atoms with Gasteiger partial charge in [0.05, 0.1) is 12.8 Å². The summed E-state index contributed by atoms with van der Waals surface area (Å²) < 4.78 is 0.957. The van der Waals surface area contributed by atoms with E-state index in [1.54, 1.807) is 6.21 Å². The van der Waals surface area contributed by atoms with Crippen LogP contribution in [-0.2, 0) is 4.79 Å². The van der Waals surface area contributed by atoms with Crippen molar-refractivity contribution in [2.45, 2.75) is 0 Å². The molecule has 2 N–H and O–H groups in total. The minimum Gasteiger partial charge on any atom is -0.376 e. The van der Waals surface area contributed by atoms with E-state index in [2.05, 4.69) is 62.1 Å². The molecule has 0 atom stereocenters. The highest BCUT2D eigenvalue weighted by molar-refractivity contribution is 9.10. The maximum absolute atomic E-state index is 12.1. The van der Waals surface area contributed by atoms with E-state index in [1.807, 2.05) is 48.5 Å². The number of hydrogen-bond donors (Lipinski definition) is 2. The minimum absolute atomic E-state index is 0.143. The number of carbonyl (C=O) groups excluding carboxylic acids is 1. The van der Waals surface area contributed by atoms with Gasteiger partial charge in [0, 0.05) is 15.7 Å². The molecule has 0 aliphatic rings. The fraction of sp³-hybridized carbons (Fsp3) is 0.0435. The van der Waals surface area contributed by atoms with Gasteiger partial charge in [-0.1, -0.05) is 70.5 Å². The molecule has 0 aliphatic carbocycles. The quantitative estimate of drug-likeness (QED) is 0.255. The minimum atomic E-state index is -0.208. The van der Waals surface area contributed by atoms with E-state index in [0.717, 1.165) is 37.3 Å². The Morgan fingerprint density at radius 1 is 0.893 bits per heavy atom. The lowest BCUT2D eigenvalue weighted by atomic mass is 9.97. The molecular weight excluding hydrogens is 414 g/mol. The summed E-state index contributed by atoms with van der Waals surface area (Å²) >= 11 is 3.41. The van der Waals surface area contributed by atoms with Gasteiger partial charge in [-0.15, -0.1) is 0 Å². The van der Waals surface area contributed by atoms with Crippen molar-refractivity contribution >= 4 is 55.3 Å². The van der Waals surface area contributed by atoms with Crippen molar-refractivity contribution in [3.63, 3.8) is 0 Å². The van der Waals surface area contributed by atoms with Gasteiger partial charge >= 0.3 is 0 Å². The highest BCUT2D eigenvalue weighted by atomic mass is 79.9. The standard InChI is InChI=1S/C23H18BrN3O/c24-18-8-5-9-19(13-18)25-15-23(28)27-26-14-22-20-10-3-1-6-16(20)12-17-7-2-4-11-21(17)22/h1-14,25H,15H2,(H,27,28). The summed E-state index contributed by atoms with van der Waals surface area (Å²) in [5.41, 5.74) is 4.47. The number of halogens is 1. The van der Waals surface area contributed by atoms with Gasteiger partial charge in [0.25, 0.3) is 5.91 Å². The number of nitrogens with zero attached hydrogens (tertiary/aromatic N) is 1. The van der Waals surface area contributed by atoms with Gasteiger partial charge in [-0.05, 0) is 45.8 Å². The van der Waals surface area contributed by atoms with Crippen LogP contribution in [0.15, 0.2) is 88.4 Å². The summed E-state index contributed by atoms with van der Waals surface area (Å²) in [5, 5.41) is 11.8. The van der Waals surface area contributed by atoms with E-state index in [4.69, 9.17) is 0 Å². The van der Waals surface area contributed by atoms with Crippen molar-refractivity contribution in [1.82, 2.24) is 5.43 Å². The van der Waals surface area contributed by atoms with Gasteiger partial charge in [-0.25, -0.2) is 5.43 Å². The Labute approximate surface area is 171 Å². The van der Waals surface area contributed by atoms with Crippen LogP contribution in [0.3, 0.4) is 0 Å². The maximum Gasteiger partial charge on any atom is 0.259 e. The van der Waals surface area contributed by atoms with Crippen LogP contribution in [0.5, 0.6) is 0 Å². The van der Waals surface area contributed by atoms with Crippen molar-refractivity contribution in [3.05, 3.63) is 88.9 Å². The van der Waals surface area contributed by atoms with Crippen LogP contribution >= 0.6 is 15.9 Å². The Hall–Kier alpha value is -3.18. The summed E-state index contributed by atoms with van der Waals surface area (Å²) in [5.74, 6) is -0.208. The molecule has 4 nitrogen and oxygen atoms in total. The van der Waals surface area contributed by atoms with Crippen LogP contribution in [0.4, 0.5) is 5.69 Å². The lowest BCUT2D eigenvalue weighted by Gasteiger charge is -2.08. The topological polar surface area (TPSA) is 53.5 Å². The zero-order valence-corrected chi connectivity index (χ0v) is 16.6. The second-order valence-corrected chi connectivity index (χ2v) is 7.31. The fourth-order valence-corrected chi connectivity index (χ4v) is 3.58. The smallest absolute Gasteiger partial charge is 0.259 e. The SMILES string of the molecule is O=C(CNc1cccc(Br)c1)NN=Cc1c2ccccc2cc2ccccc12. The van der Waals surface area contributed by atoms with E-state index in [9.17, 15) is 4.79 Å². The first-order chi connectivity index (χ1) is 13.7. The number of carbonyl (C=O) groups is 1. The molecule has 0 saturated carbocycles. The Kier molecular flexibility index (Phi) is 5.35. The van der Waals surface area contributed by atoms with Gasteiger partial charge < -0.3 is 5.32 Å². The second-order valence-electron chi connectivity index (χ2n) is 6.39. The van der Waals surface area contributed by atoms with Crippen LogP contribution in [0, 0.1) is 0 Å². The van der Waals surface area contributed by atoms with Crippen LogP contribution in [-0.4, -0.2) is 18.7 Å². The Morgan fingerprint density at radius 2 is 1.57 bits per heavy atom. The Balaban J connectivity index is 1.52. The largest absolute Gasteiger partial charge is 0.376 e. The molecule has 138 valence electrons. The lowest BCUT2D eigenvalue weighted by molar-refractivity contribution is -0.119. The molecule has 0 saturated heterocycles. The molecule has 4 aromatic carbocycles. The van der Waals surface area contributed by atoms with Crippen molar-refractivity contribution in [2.24, 2.45) is 5.10 Å². The molecule has 0 aromatic heterocycles. The number of fused-ring (bicyclic) bond motifs is 2. The first kappa shape index (κ1) is 18.2. The van der Waals surface area contributed by atoms with E-state index >= 15 is 0 Å². The number of anilines is 1. The zero-order chi connectivity index (χ0) is 19.3. The third-order valence-electron chi connectivity index (χ3n) is 4.47. The normalized spacial score (nSPS) is 11.2. The first-order valence-corrected chi connectivity index (χ1v) is 9.72. The lowest BCUT2D eigenvalue weighted by Crippen LogP contribution is -2.25. The van der Waals surface area contributed by atoms with Crippen molar-refractivity contribution in [1.29, 1.82) is 0 Å². The van der Waals surface area contributed by atoms with Crippen molar-refractivity contribution in [2.75, 3.05) is 11.9 Å². The summed E-state index contributed by atoms with van der Waals surface area (Å²) in [6.07, 6.45) is 1.72. The molecule has 0 bridgehead atoms. The second kappa shape index (κ2) is 8.23. The molecule has 0 radical (unpaired) electrons. The summed E-state index contributed by atoms with van der Waals surface area (Å²) in [4.78, 5) is 12.1. The number of hydrazone groups is 1. The van der Waals surface area contributed by atoms with E-state index < -0.39 is 0 Å². The fourth-order valence-electron chi connectivity index (χ4n) is 3.18. The number of rotatable bonds is 5. The van der Waals surface area contributed by atoms with E-state index in [1.165, 1.54) is 0 Å². The van der Waals surface area contributed by atoms with Gasteiger partial charge in [-0.2, -0.15) is 5.10 Å². The van der Waals surface area contributed by atoms with Gasteiger partial charge in [0.15, 0.2) is 0 Å². The summed E-state index contributed by atoms with van der Waals surface area (Å²) in [7, 11) is 0. The van der Waals surface area contributed by atoms with Gasteiger partial charge in [0.2, 0.25) is 0 Å². The number of benzene rings is 4. The highest BCUT2D eigenvalue weighted by Crippen LogP contribution is 2.27. The van der Waals surface area contributed by atoms with E-state index in [0.29, 0.717) is 0 Å². The molecule has 0 spiro atoms. The number of hydrogen-bond acceptors (Lipinski definition) is 3. The molecule has 5 heteroatoms. The molecule has 0 unspecified atom stereocenters. The number of nitrogens with one attached hydrogen (secondary N) is 2. The predicted octanol–water partition coefficient (Wildman–Crippen LogP) is 5.32. The monoisotopic (exact) mass is 431 g/mol. The maximum atomic E-state index is 12.1. The third-order valence-corrected chi connectivity index (χ3v) is 4.97. The summed E-state index contributed by atoms with van der Waals surface area (Å²) in [6, 6.07) is 26.2. The molecule has 0 heterocycles. The first-order valence-electron chi connectivity index (χ1n) is 8.92. The Morgan fingerprint density at radius 3 is 2.25 bits per heavy atom. The van der Waals surface area contributed by atoms with Crippen LogP contribution in [0.2, 0.25) is 0 Å². The highest BCUT2D eigenvalue weighted by Gasteiger charge is 2.06. The molecule has 28 heavy (non-hydrogen) atoms. The molecule has 1 amide bonds. The van der Waals surface area contributed by atoms with Crippen molar-refractivity contribution in [3.8, 4) is 0 Å². The molecule has 4 aromatic rings. The van der Waals surface area contributed by atoms with Crippen LogP contribution in [0.25, 0.3) is 21.5 Å². The average Bonchev–Trinajstić information content (AvgIpc) is 2.72. The average molecular weight is 432 g/mol. The zero-order valence-electron chi connectivity index (χ0n) is 15.0. The van der Waals surface area contributed by atoms with Crippen LogP contribution in [0.1, 0.15) is 5.56 Å². The Bertz CT molecular complexity index is 1130. The molecule has 0 aliphatic heterocycles. The molecule has 0 fully saturated rings. The van der Waals surface area contributed by atoms with Gasteiger partial charge in [-0.3, -0.25) is 4.79 Å². The number of amides is 1. The van der Waals surface area contributed by atoms with Crippen LogP contribution < -0.4 is 10.7 Å². The van der Waals surface area contributed by atoms with Crippen molar-refractivity contribution < 1.29 is 4.79 Å². The summed E-state index contributed by atoms with van der Waals surface area (Å²) in [6.45, 7) is 0.143.